The van der Waals surface area contributed by atoms with Gasteiger partial charge in [0.25, 0.3) is 5.56 Å². The molecule has 0 atom stereocenters. The van der Waals surface area contributed by atoms with E-state index in [1.54, 1.807) is 10.9 Å². The predicted molar refractivity (Wildman–Crippen MR) is 125 cm³/mol. The van der Waals surface area contributed by atoms with Crippen LogP contribution < -0.4 is 5.56 Å². The third-order valence-corrected chi connectivity index (χ3v) is 5.78. The summed E-state index contributed by atoms with van der Waals surface area (Å²) in [4.78, 5) is 28.1. The molecule has 0 aliphatic carbocycles. The van der Waals surface area contributed by atoms with Gasteiger partial charge in [-0.1, -0.05) is 38.1 Å². The topological polar surface area (TPSA) is 65.6 Å². The van der Waals surface area contributed by atoms with Crippen molar-refractivity contribution in [3.8, 4) is 5.69 Å². The fourth-order valence-corrected chi connectivity index (χ4v) is 4.02. The highest BCUT2D eigenvalue weighted by Gasteiger charge is 2.21. The van der Waals surface area contributed by atoms with Gasteiger partial charge in [0.05, 0.1) is 23.0 Å². The first kappa shape index (κ1) is 19.4. The number of aromatic nitrogens is 5. The van der Waals surface area contributed by atoms with Gasteiger partial charge >= 0.3 is 0 Å². The van der Waals surface area contributed by atoms with Gasteiger partial charge < -0.3 is 0 Å². The highest BCUT2D eigenvalue weighted by molar-refractivity contribution is 6.05. The minimum atomic E-state index is -0.0655. The van der Waals surface area contributed by atoms with E-state index in [1.807, 2.05) is 28.8 Å². The Bertz CT molecular complexity index is 1510. The standard InChI is InChI=1S/C25H25N5O/c1-15(2)11-12-29-14-26-23-21(25(29)31)22-24(28-19-8-6-5-7-18(19)27-22)30(23)20-13-16(3)9-10-17(20)4/h5-10,13-15H,11-12H2,1-4H3. The molecule has 0 bridgehead atoms. The molecular formula is C25H25N5O. The zero-order valence-electron chi connectivity index (χ0n) is 18.3. The molecule has 6 nitrogen and oxygen atoms in total. The molecule has 0 spiro atoms. The van der Waals surface area contributed by atoms with E-state index in [4.69, 9.17) is 15.0 Å². The van der Waals surface area contributed by atoms with Crippen LogP contribution in [0.5, 0.6) is 0 Å². The van der Waals surface area contributed by atoms with E-state index in [0.717, 1.165) is 34.3 Å². The third kappa shape index (κ3) is 3.19. The number of nitrogens with zero attached hydrogens (tertiary/aromatic N) is 5. The van der Waals surface area contributed by atoms with Gasteiger partial charge in [-0.15, -0.1) is 0 Å². The first-order valence-electron chi connectivity index (χ1n) is 10.7. The number of hydrogen-bond acceptors (Lipinski definition) is 4. The summed E-state index contributed by atoms with van der Waals surface area (Å²) in [6.07, 6.45) is 2.57. The lowest BCUT2D eigenvalue weighted by atomic mass is 10.1. The van der Waals surface area contributed by atoms with Crippen LogP contribution in [0.1, 0.15) is 31.4 Å². The van der Waals surface area contributed by atoms with E-state index in [-0.39, 0.29) is 5.56 Å². The molecule has 3 heterocycles. The molecule has 31 heavy (non-hydrogen) atoms. The summed E-state index contributed by atoms with van der Waals surface area (Å²) in [5.41, 5.74) is 6.56. The van der Waals surface area contributed by atoms with Gasteiger partial charge in [-0.2, -0.15) is 0 Å². The van der Waals surface area contributed by atoms with E-state index in [2.05, 4.69) is 45.9 Å². The van der Waals surface area contributed by atoms with Gasteiger partial charge in [0.2, 0.25) is 0 Å². The molecule has 0 saturated carbocycles. The summed E-state index contributed by atoms with van der Waals surface area (Å²) in [5.74, 6) is 0.502. The fraction of sp³-hybridized carbons (Fsp3) is 0.280. The lowest BCUT2D eigenvalue weighted by molar-refractivity contribution is 0.506. The van der Waals surface area contributed by atoms with E-state index < -0.39 is 0 Å². The van der Waals surface area contributed by atoms with Crippen molar-refractivity contribution in [1.29, 1.82) is 0 Å². The summed E-state index contributed by atoms with van der Waals surface area (Å²) in [7, 11) is 0. The maximum Gasteiger partial charge on any atom is 0.265 e. The zero-order chi connectivity index (χ0) is 21.7. The number of hydrogen-bond donors (Lipinski definition) is 0. The van der Waals surface area contributed by atoms with Gasteiger partial charge in [0.1, 0.15) is 10.9 Å². The maximum absolute atomic E-state index is 13.5. The lowest BCUT2D eigenvalue weighted by Crippen LogP contribution is -2.21. The number of fused-ring (bicyclic) bond motifs is 4. The molecule has 0 aliphatic rings. The molecule has 0 aliphatic heterocycles. The van der Waals surface area contributed by atoms with Crippen LogP contribution in [-0.2, 0) is 6.54 Å². The average Bonchev–Trinajstić information content (AvgIpc) is 3.07. The van der Waals surface area contributed by atoms with Crippen molar-refractivity contribution in [2.24, 2.45) is 5.92 Å². The van der Waals surface area contributed by atoms with Crippen molar-refractivity contribution in [2.45, 2.75) is 40.7 Å². The quantitative estimate of drug-likeness (QED) is 0.420. The van der Waals surface area contributed by atoms with Gasteiger partial charge in [0.15, 0.2) is 11.3 Å². The summed E-state index contributed by atoms with van der Waals surface area (Å²) in [5, 5.41) is 0.528. The summed E-state index contributed by atoms with van der Waals surface area (Å²) >= 11 is 0. The number of aryl methyl sites for hydroxylation is 3. The SMILES string of the molecule is Cc1ccc(C)c(-n2c3nc4ccccc4nc3c3c(=O)n(CCC(C)C)cnc32)c1. The van der Waals surface area contributed by atoms with E-state index in [1.165, 1.54) is 0 Å². The van der Waals surface area contributed by atoms with E-state index in [9.17, 15) is 4.79 Å². The van der Waals surface area contributed by atoms with Crippen LogP contribution in [0.3, 0.4) is 0 Å². The van der Waals surface area contributed by atoms with Crippen LogP contribution in [-0.4, -0.2) is 24.1 Å². The van der Waals surface area contributed by atoms with E-state index in [0.29, 0.717) is 34.7 Å². The minimum Gasteiger partial charge on any atom is -0.299 e. The molecule has 156 valence electrons. The normalized spacial score (nSPS) is 11.9. The van der Waals surface area contributed by atoms with Crippen molar-refractivity contribution in [2.75, 3.05) is 0 Å². The van der Waals surface area contributed by atoms with Gasteiger partial charge in [0, 0.05) is 6.54 Å². The first-order valence-corrected chi connectivity index (χ1v) is 10.7. The summed E-state index contributed by atoms with van der Waals surface area (Å²) in [6.45, 7) is 9.06. The number of rotatable bonds is 4. The van der Waals surface area contributed by atoms with Crippen LogP contribution >= 0.6 is 0 Å². The molecule has 3 aromatic heterocycles. The molecule has 5 aromatic rings. The second-order valence-corrected chi connectivity index (χ2v) is 8.63. The highest BCUT2D eigenvalue weighted by Crippen LogP contribution is 2.30. The Morgan fingerprint density at radius 2 is 1.71 bits per heavy atom. The Hall–Kier alpha value is -3.54. The number of para-hydroxylation sites is 2. The van der Waals surface area contributed by atoms with Crippen LogP contribution in [0, 0.1) is 19.8 Å². The zero-order valence-corrected chi connectivity index (χ0v) is 18.3. The molecule has 0 unspecified atom stereocenters. The van der Waals surface area contributed by atoms with Gasteiger partial charge in [-0.05, 0) is 55.5 Å². The predicted octanol–water partition coefficient (Wildman–Crippen LogP) is 4.95. The maximum atomic E-state index is 13.5. The van der Waals surface area contributed by atoms with Crippen LogP contribution in [0.4, 0.5) is 0 Å². The van der Waals surface area contributed by atoms with Crippen molar-refractivity contribution in [3.63, 3.8) is 0 Å². The number of benzene rings is 2. The Labute approximate surface area is 180 Å². The smallest absolute Gasteiger partial charge is 0.265 e. The molecule has 0 saturated heterocycles. The van der Waals surface area contributed by atoms with Gasteiger partial charge in [-0.25, -0.2) is 15.0 Å². The molecule has 0 N–H and O–H groups in total. The molecule has 0 radical (unpaired) electrons. The monoisotopic (exact) mass is 411 g/mol. The van der Waals surface area contributed by atoms with Crippen LogP contribution in [0.2, 0.25) is 0 Å². The highest BCUT2D eigenvalue weighted by atomic mass is 16.1. The second kappa shape index (κ2) is 7.30. The largest absolute Gasteiger partial charge is 0.299 e. The minimum absolute atomic E-state index is 0.0655. The van der Waals surface area contributed by atoms with Crippen molar-refractivity contribution in [1.82, 2.24) is 24.1 Å². The van der Waals surface area contributed by atoms with Crippen molar-refractivity contribution < 1.29 is 0 Å². The fourth-order valence-electron chi connectivity index (χ4n) is 4.02. The molecule has 2 aromatic carbocycles. The summed E-state index contributed by atoms with van der Waals surface area (Å²) in [6, 6.07) is 14.0. The Morgan fingerprint density at radius 3 is 2.45 bits per heavy atom. The molecular weight excluding hydrogens is 386 g/mol. The molecule has 0 amide bonds. The molecule has 5 rings (SSSR count). The van der Waals surface area contributed by atoms with Crippen molar-refractivity contribution >= 4 is 33.2 Å². The Morgan fingerprint density at radius 1 is 0.968 bits per heavy atom. The first-order chi connectivity index (χ1) is 14.9. The Kier molecular flexibility index (Phi) is 4.58. The second-order valence-electron chi connectivity index (χ2n) is 8.63. The van der Waals surface area contributed by atoms with Crippen LogP contribution in [0.25, 0.3) is 38.9 Å². The lowest BCUT2D eigenvalue weighted by Gasteiger charge is -2.11. The molecule has 0 fully saturated rings. The van der Waals surface area contributed by atoms with E-state index >= 15 is 0 Å². The third-order valence-electron chi connectivity index (χ3n) is 5.78. The summed E-state index contributed by atoms with van der Waals surface area (Å²) < 4.78 is 3.69. The van der Waals surface area contributed by atoms with Crippen LogP contribution in [0.15, 0.2) is 53.6 Å². The molecule has 6 heteroatoms. The Balaban J connectivity index is 1.92. The average molecular weight is 412 g/mol. The van der Waals surface area contributed by atoms with Gasteiger partial charge in [-0.3, -0.25) is 13.9 Å². The van der Waals surface area contributed by atoms with Crippen molar-refractivity contribution in [3.05, 3.63) is 70.3 Å².